The van der Waals surface area contributed by atoms with Gasteiger partial charge in [-0.3, -0.25) is 9.79 Å². The molecule has 1 saturated heterocycles. The molecule has 1 heterocycles. The third-order valence-corrected chi connectivity index (χ3v) is 4.20. The van der Waals surface area contributed by atoms with Crippen LogP contribution in [0.25, 0.3) is 0 Å². The molecule has 3 N–H and O–H groups in total. The lowest BCUT2D eigenvalue weighted by Gasteiger charge is -2.33. The second kappa shape index (κ2) is 11.0. The van der Waals surface area contributed by atoms with Gasteiger partial charge in [-0.2, -0.15) is 0 Å². The van der Waals surface area contributed by atoms with Crippen LogP contribution in [0.2, 0.25) is 0 Å². The SMILES string of the molecule is CN=C(NCC(=O)NCCOC)NC1CCN(C2CC2)CC1.I. The number of aliphatic imine (C=N–C) groups is 1. The van der Waals surface area contributed by atoms with Gasteiger partial charge in [0.15, 0.2) is 5.96 Å². The molecule has 8 heteroatoms. The van der Waals surface area contributed by atoms with Gasteiger partial charge in [0.05, 0.1) is 13.2 Å². The van der Waals surface area contributed by atoms with E-state index in [1.165, 1.54) is 12.8 Å². The number of piperidine rings is 1. The lowest BCUT2D eigenvalue weighted by molar-refractivity contribution is -0.120. The molecule has 2 fully saturated rings. The molecule has 0 aromatic carbocycles. The summed E-state index contributed by atoms with van der Waals surface area (Å²) in [6.07, 6.45) is 5.02. The molecular formula is C15H30IN5O2. The van der Waals surface area contributed by atoms with E-state index in [-0.39, 0.29) is 36.4 Å². The van der Waals surface area contributed by atoms with Crippen LogP contribution in [0.15, 0.2) is 4.99 Å². The molecule has 134 valence electrons. The highest BCUT2D eigenvalue weighted by molar-refractivity contribution is 14.0. The Morgan fingerprint density at radius 1 is 1.22 bits per heavy atom. The van der Waals surface area contributed by atoms with Crippen LogP contribution in [0.1, 0.15) is 25.7 Å². The molecule has 0 aromatic rings. The molecule has 0 unspecified atom stereocenters. The van der Waals surface area contributed by atoms with Gasteiger partial charge >= 0.3 is 0 Å². The lowest BCUT2D eigenvalue weighted by atomic mass is 10.1. The van der Waals surface area contributed by atoms with E-state index in [1.807, 2.05) is 0 Å². The Labute approximate surface area is 156 Å². The number of carbonyl (C=O) groups is 1. The van der Waals surface area contributed by atoms with Crippen molar-refractivity contribution in [1.82, 2.24) is 20.9 Å². The summed E-state index contributed by atoms with van der Waals surface area (Å²) in [7, 11) is 3.35. The maximum Gasteiger partial charge on any atom is 0.239 e. The highest BCUT2D eigenvalue weighted by atomic mass is 127. The Kier molecular flexibility index (Phi) is 9.80. The quantitative estimate of drug-likeness (QED) is 0.228. The molecule has 0 spiro atoms. The van der Waals surface area contributed by atoms with Gasteiger partial charge in [-0.1, -0.05) is 0 Å². The molecule has 1 aliphatic carbocycles. The number of methoxy groups -OCH3 is 1. The minimum atomic E-state index is -0.0523. The summed E-state index contributed by atoms with van der Waals surface area (Å²) in [5, 5.41) is 9.25. The second-order valence-electron chi connectivity index (χ2n) is 5.95. The zero-order valence-corrected chi connectivity index (χ0v) is 16.5. The van der Waals surface area contributed by atoms with Crippen LogP contribution in [0.5, 0.6) is 0 Å². The van der Waals surface area contributed by atoms with Crippen LogP contribution >= 0.6 is 24.0 Å². The fourth-order valence-corrected chi connectivity index (χ4v) is 2.76. The lowest BCUT2D eigenvalue weighted by Crippen LogP contribution is -2.50. The molecule has 23 heavy (non-hydrogen) atoms. The van der Waals surface area contributed by atoms with E-state index in [0.29, 0.717) is 25.2 Å². The number of amides is 1. The molecule has 1 amide bonds. The number of ether oxygens (including phenoxy) is 1. The summed E-state index contributed by atoms with van der Waals surface area (Å²) in [4.78, 5) is 18.4. The number of hydrogen-bond donors (Lipinski definition) is 3. The maximum atomic E-state index is 11.6. The molecule has 1 aliphatic heterocycles. The van der Waals surface area contributed by atoms with Crippen molar-refractivity contribution >= 4 is 35.8 Å². The third kappa shape index (κ3) is 7.67. The van der Waals surface area contributed by atoms with Gasteiger partial charge < -0.3 is 25.6 Å². The standard InChI is InChI=1S/C15H29N5O2.HI/c1-16-15(18-11-14(21)17-7-10-22-2)19-12-5-8-20(9-6-12)13-3-4-13;/h12-13H,3-11H2,1-2H3,(H,17,21)(H2,16,18,19);1H. The van der Waals surface area contributed by atoms with Crippen LogP contribution in [0.4, 0.5) is 0 Å². The first-order valence-electron chi connectivity index (χ1n) is 8.19. The first kappa shape index (κ1) is 20.4. The van der Waals surface area contributed by atoms with Crippen molar-refractivity contribution < 1.29 is 9.53 Å². The predicted octanol–water partition coefficient (Wildman–Crippen LogP) is 0.159. The van der Waals surface area contributed by atoms with Crippen molar-refractivity contribution in [3.8, 4) is 0 Å². The molecular weight excluding hydrogens is 409 g/mol. The third-order valence-electron chi connectivity index (χ3n) is 4.20. The smallest absolute Gasteiger partial charge is 0.239 e. The highest BCUT2D eigenvalue weighted by Gasteiger charge is 2.31. The van der Waals surface area contributed by atoms with Crippen LogP contribution in [0.3, 0.4) is 0 Å². The monoisotopic (exact) mass is 439 g/mol. The van der Waals surface area contributed by atoms with Crippen LogP contribution < -0.4 is 16.0 Å². The van der Waals surface area contributed by atoms with E-state index in [9.17, 15) is 4.79 Å². The molecule has 0 atom stereocenters. The van der Waals surface area contributed by atoms with Crippen molar-refractivity contribution in [3.05, 3.63) is 0 Å². The average molecular weight is 439 g/mol. The van der Waals surface area contributed by atoms with Gasteiger partial charge in [-0.15, -0.1) is 24.0 Å². The van der Waals surface area contributed by atoms with E-state index in [0.717, 1.165) is 32.0 Å². The normalized spacial score (nSPS) is 19.8. The zero-order chi connectivity index (χ0) is 15.8. The minimum Gasteiger partial charge on any atom is -0.383 e. The highest BCUT2D eigenvalue weighted by Crippen LogP contribution is 2.29. The Balaban J connectivity index is 0.00000264. The number of nitrogens with zero attached hydrogens (tertiary/aromatic N) is 2. The van der Waals surface area contributed by atoms with Gasteiger partial charge in [0.2, 0.25) is 5.91 Å². The van der Waals surface area contributed by atoms with E-state index >= 15 is 0 Å². The van der Waals surface area contributed by atoms with E-state index in [2.05, 4.69) is 25.8 Å². The number of halogens is 1. The first-order chi connectivity index (χ1) is 10.7. The Morgan fingerprint density at radius 2 is 1.91 bits per heavy atom. The van der Waals surface area contributed by atoms with Crippen LogP contribution in [-0.2, 0) is 9.53 Å². The summed E-state index contributed by atoms with van der Waals surface area (Å²) >= 11 is 0. The minimum absolute atomic E-state index is 0. The largest absolute Gasteiger partial charge is 0.383 e. The summed E-state index contributed by atoms with van der Waals surface area (Å²) in [6.45, 7) is 3.61. The summed E-state index contributed by atoms with van der Waals surface area (Å²) < 4.78 is 4.89. The topological polar surface area (TPSA) is 78.0 Å². The molecule has 0 radical (unpaired) electrons. The van der Waals surface area contributed by atoms with Crippen molar-refractivity contribution in [3.63, 3.8) is 0 Å². The summed E-state index contributed by atoms with van der Waals surface area (Å²) in [5.74, 6) is 0.648. The van der Waals surface area contributed by atoms with Crippen molar-refractivity contribution in [1.29, 1.82) is 0 Å². The molecule has 2 rings (SSSR count). The van der Waals surface area contributed by atoms with Gasteiger partial charge in [0.25, 0.3) is 0 Å². The fraction of sp³-hybridized carbons (Fsp3) is 0.867. The number of hydrogen-bond acceptors (Lipinski definition) is 4. The zero-order valence-electron chi connectivity index (χ0n) is 14.1. The van der Waals surface area contributed by atoms with Crippen LogP contribution in [0, 0.1) is 0 Å². The molecule has 1 saturated carbocycles. The number of guanidine groups is 1. The number of nitrogens with one attached hydrogen (secondary N) is 3. The summed E-state index contributed by atoms with van der Waals surface area (Å²) in [6, 6.07) is 1.30. The Bertz CT molecular complexity index is 382. The van der Waals surface area contributed by atoms with Crippen LogP contribution in [-0.4, -0.2) is 75.8 Å². The van der Waals surface area contributed by atoms with Gasteiger partial charge in [0.1, 0.15) is 0 Å². The average Bonchev–Trinajstić information content (AvgIpc) is 3.37. The van der Waals surface area contributed by atoms with E-state index in [4.69, 9.17) is 4.74 Å². The molecule has 0 bridgehead atoms. The van der Waals surface area contributed by atoms with Crippen molar-refractivity contribution in [2.75, 3.05) is 46.9 Å². The maximum absolute atomic E-state index is 11.6. The van der Waals surface area contributed by atoms with Crippen molar-refractivity contribution in [2.45, 2.75) is 37.8 Å². The molecule has 2 aliphatic rings. The van der Waals surface area contributed by atoms with E-state index in [1.54, 1.807) is 14.2 Å². The van der Waals surface area contributed by atoms with Crippen molar-refractivity contribution in [2.24, 2.45) is 4.99 Å². The van der Waals surface area contributed by atoms with Gasteiger partial charge in [0, 0.05) is 45.9 Å². The number of carbonyl (C=O) groups excluding carboxylic acids is 1. The molecule has 0 aromatic heterocycles. The number of likely N-dealkylation sites (tertiary alicyclic amines) is 1. The molecule has 7 nitrogen and oxygen atoms in total. The first-order valence-corrected chi connectivity index (χ1v) is 8.19. The van der Waals surface area contributed by atoms with Gasteiger partial charge in [-0.25, -0.2) is 0 Å². The van der Waals surface area contributed by atoms with Gasteiger partial charge in [-0.05, 0) is 25.7 Å². The fourth-order valence-electron chi connectivity index (χ4n) is 2.76. The predicted molar refractivity (Wildman–Crippen MR) is 102 cm³/mol. The summed E-state index contributed by atoms with van der Waals surface area (Å²) in [5.41, 5.74) is 0. The Morgan fingerprint density at radius 3 is 2.48 bits per heavy atom. The van der Waals surface area contributed by atoms with E-state index < -0.39 is 0 Å². The Hall–Kier alpha value is -0.610. The number of rotatable bonds is 7. The second-order valence-corrected chi connectivity index (χ2v) is 5.95.